The number of rotatable bonds is 8. The van der Waals surface area contributed by atoms with E-state index in [1.807, 2.05) is 54.6 Å². The van der Waals surface area contributed by atoms with Crippen LogP contribution in [0.2, 0.25) is 0 Å². The molecule has 0 atom stereocenters. The van der Waals surface area contributed by atoms with Crippen LogP contribution < -0.4 is 4.74 Å². The van der Waals surface area contributed by atoms with Crippen molar-refractivity contribution in [1.29, 1.82) is 0 Å². The number of aliphatic hydroxyl groups excluding tert-OH is 1. The molecule has 0 unspecified atom stereocenters. The lowest BCUT2D eigenvalue weighted by Gasteiger charge is -2.24. The summed E-state index contributed by atoms with van der Waals surface area (Å²) in [6.07, 6.45) is 1.72. The molecule has 0 radical (unpaired) electrons. The maximum atomic E-state index is 12.9. The fourth-order valence-electron chi connectivity index (χ4n) is 3.01. The van der Waals surface area contributed by atoms with Gasteiger partial charge in [0.2, 0.25) is 5.91 Å². The van der Waals surface area contributed by atoms with E-state index in [0.29, 0.717) is 21.5 Å². The topological polar surface area (TPSA) is 70.1 Å². The Hall–Kier alpha value is -2.68. The van der Waals surface area contributed by atoms with Crippen molar-refractivity contribution < 1.29 is 19.4 Å². The van der Waals surface area contributed by atoms with E-state index in [9.17, 15) is 14.7 Å². The van der Waals surface area contributed by atoms with Gasteiger partial charge < -0.3 is 14.7 Å². The van der Waals surface area contributed by atoms with E-state index in [2.05, 4.69) is 0 Å². The summed E-state index contributed by atoms with van der Waals surface area (Å²) in [4.78, 5) is 29.0. The second kappa shape index (κ2) is 10.4. The third-order valence-corrected chi connectivity index (χ3v) is 5.91. The quantitative estimate of drug-likeness (QED) is 0.501. The van der Waals surface area contributed by atoms with Gasteiger partial charge in [-0.3, -0.25) is 14.5 Å². The fraction of sp³-hybridized carbons (Fsp3) is 0.227. The van der Waals surface area contributed by atoms with Crippen molar-refractivity contribution in [3.63, 3.8) is 0 Å². The van der Waals surface area contributed by atoms with Crippen LogP contribution in [0.4, 0.5) is 0 Å². The summed E-state index contributed by atoms with van der Waals surface area (Å²) in [6.45, 7) is 0.205. The van der Waals surface area contributed by atoms with E-state index in [0.717, 1.165) is 22.9 Å². The molecule has 2 aromatic carbocycles. The molecule has 30 heavy (non-hydrogen) atoms. The summed E-state index contributed by atoms with van der Waals surface area (Å²) >= 11 is 6.51. The normalized spacial score (nSPS) is 15.0. The Kier molecular flexibility index (Phi) is 7.62. The van der Waals surface area contributed by atoms with Gasteiger partial charge in [0.25, 0.3) is 5.91 Å². The zero-order valence-corrected chi connectivity index (χ0v) is 18.1. The summed E-state index contributed by atoms with van der Waals surface area (Å²) in [5.41, 5.74) is 1.71. The van der Waals surface area contributed by atoms with Crippen molar-refractivity contribution >= 4 is 46.2 Å². The van der Waals surface area contributed by atoms with E-state index < -0.39 is 0 Å². The first-order chi connectivity index (χ1) is 14.5. The molecule has 0 aliphatic carbocycles. The summed E-state index contributed by atoms with van der Waals surface area (Å²) in [5, 5.41) is 9.36. The third-order valence-electron chi connectivity index (χ3n) is 4.53. The Labute approximate surface area is 185 Å². The number of thiocarbonyl (C=S) groups is 1. The van der Waals surface area contributed by atoms with E-state index in [1.165, 1.54) is 9.80 Å². The van der Waals surface area contributed by atoms with Gasteiger partial charge in [0.1, 0.15) is 16.6 Å². The van der Waals surface area contributed by atoms with Crippen LogP contribution in [0.15, 0.2) is 59.5 Å². The van der Waals surface area contributed by atoms with Crippen molar-refractivity contribution in [3.8, 4) is 5.75 Å². The molecule has 8 heteroatoms. The molecule has 3 rings (SSSR count). The Morgan fingerprint density at radius 2 is 1.90 bits per heavy atom. The van der Waals surface area contributed by atoms with Gasteiger partial charge in [0.05, 0.1) is 18.6 Å². The van der Waals surface area contributed by atoms with Gasteiger partial charge in [-0.05, 0) is 17.7 Å². The largest absolute Gasteiger partial charge is 0.496 e. The van der Waals surface area contributed by atoms with Crippen LogP contribution in [0.25, 0.3) is 6.08 Å². The first-order valence-electron chi connectivity index (χ1n) is 9.34. The fourth-order valence-corrected chi connectivity index (χ4v) is 4.26. The van der Waals surface area contributed by atoms with Gasteiger partial charge in [-0.25, -0.2) is 0 Å². The molecule has 1 N–H and O–H groups in total. The summed E-state index contributed by atoms with van der Waals surface area (Å²) in [6, 6.07) is 16.9. The van der Waals surface area contributed by atoms with Gasteiger partial charge in [0.15, 0.2) is 0 Å². The van der Waals surface area contributed by atoms with E-state index >= 15 is 0 Å². The van der Waals surface area contributed by atoms with Crippen molar-refractivity contribution in [2.45, 2.75) is 6.54 Å². The highest BCUT2D eigenvalue weighted by Crippen LogP contribution is 2.34. The second-order valence-electron chi connectivity index (χ2n) is 6.53. The van der Waals surface area contributed by atoms with Crippen LogP contribution in [-0.2, 0) is 16.1 Å². The van der Waals surface area contributed by atoms with Gasteiger partial charge in [0, 0.05) is 18.7 Å². The van der Waals surface area contributed by atoms with Gasteiger partial charge in [-0.2, -0.15) is 0 Å². The maximum Gasteiger partial charge on any atom is 0.266 e. The number of carbonyl (C=O) groups is 2. The number of ether oxygens (including phenoxy) is 1. The zero-order chi connectivity index (χ0) is 21.5. The highest BCUT2D eigenvalue weighted by Gasteiger charge is 2.34. The molecule has 0 spiro atoms. The molecule has 2 amide bonds. The first-order valence-corrected chi connectivity index (χ1v) is 10.6. The van der Waals surface area contributed by atoms with E-state index in [-0.39, 0.29) is 31.5 Å². The average molecular weight is 443 g/mol. The van der Waals surface area contributed by atoms with E-state index in [4.69, 9.17) is 17.0 Å². The Morgan fingerprint density at radius 3 is 2.60 bits per heavy atom. The minimum Gasteiger partial charge on any atom is -0.496 e. The number of methoxy groups -OCH3 is 1. The third kappa shape index (κ3) is 5.27. The second-order valence-corrected chi connectivity index (χ2v) is 8.21. The number of hydrogen-bond acceptors (Lipinski definition) is 6. The van der Waals surface area contributed by atoms with E-state index in [1.54, 1.807) is 13.2 Å². The summed E-state index contributed by atoms with van der Waals surface area (Å²) < 4.78 is 5.66. The molecule has 1 aliphatic heterocycles. The lowest BCUT2D eigenvalue weighted by atomic mass is 10.2. The molecule has 156 valence electrons. The minimum absolute atomic E-state index is 0.162. The highest BCUT2D eigenvalue weighted by atomic mass is 32.2. The lowest BCUT2D eigenvalue weighted by Crippen LogP contribution is -2.42. The average Bonchev–Trinajstić information content (AvgIpc) is 3.02. The Bertz CT molecular complexity index is 963. The van der Waals surface area contributed by atoms with Crippen LogP contribution in [-0.4, -0.2) is 57.8 Å². The zero-order valence-electron chi connectivity index (χ0n) is 16.5. The van der Waals surface area contributed by atoms with Crippen LogP contribution in [0.1, 0.15) is 11.1 Å². The summed E-state index contributed by atoms with van der Waals surface area (Å²) in [5.74, 6) is 0.0616. The molecular weight excluding hydrogens is 420 g/mol. The predicted molar refractivity (Wildman–Crippen MR) is 122 cm³/mol. The molecule has 0 bridgehead atoms. The molecule has 1 aliphatic rings. The van der Waals surface area contributed by atoms with Gasteiger partial charge in [-0.1, -0.05) is 72.5 Å². The number of amides is 2. The van der Waals surface area contributed by atoms with Crippen molar-refractivity contribution in [1.82, 2.24) is 9.80 Å². The van der Waals surface area contributed by atoms with Crippen molar-refractivity contribution in [3.05, 3.63) is 70.6 Å². The SMILES string of the molecule is COc1ccccc1/C=C1\SC(=S)N(CC(=O)N(CCO)Cc2ccccc2)C1=O. The van der Waals surface area contributed by atoms with Crippen LogP contribution in [0.5, 0.6) is 5.75 Å². The number of para-hydroxylation sites is 1. The molecule has 6 nitrogen and oxygen atoms in total. The number of carbonyl (C=O) groups excluding carboxylic acids is 2. The molecule has 1 saturated heterocycles. The number of aliphatic hydroxyl groups is 1. The summed E-state index contributed by atoms with van der Waals surface area (Å²) in [7, 11) is 1.57. The molecule has 2 aromatic rings. The predicted octanol–water partition coefficient (Wildman–Crippen LogP) is 2.92. The van der Waals surface area contributed by atoms with Crippen molar-refractivity contribution in [2.75, 3.05) is 26.8 Å². The Balaban J connectivity index is 1.73. The number of thioether (sulfide) groups is 1. The van der Waals surface area contributed by atoms with Gasteiger partial charge in [-0.15, -0.1) is 0 Å². The Morgan fingerprint density at radius 1 is 1.20 bits per heavy atom. The van der Waals surface area contributed by atoms with Crippen LogP contribution >= 0.6 is 24.0 Å². The van der Waals surface area contributed by atoms with Crippen LogP contribution in [0.3, 0.4) is 0 Å². The van der Waals surface area contributed by atoms with Gasteiger partial charge >= 0.3 is 0 Å². The first kappa shape index (κ1) is 22.0. The molecule has 1 fully saturated rings. The standard InChI is InChI=1S/C22H22N2O4S2/c1-28-18-10-6-5-9-17(18)13-19-21(27)24(22(29)30-19)15-20(26)23(11-12-25)14-16-7-3-2-4-8-16/h2-10,13,25H,11-12,14-15H2,1H3/b19-13-. The molecule has 1 heterocycles. The molecule has 0 aromatic heterocycles. The van der Waals surface area contributed by atoms with Crippen LogP contribution in [0, 0.1) is 0 Å². The molecular formula is C22H22N2O4S2. The number of nitrogens with zero attached hydrogens (tertiary/aromatic N) is 2. The lowest BCUT2D eigenvalue weighted by molar-refractivity contribution is -0.136. The minimum atomic E-state index is -0.312. The number of benzene rings is 2. The maximum absolute atomic E-state index is 12.9. The highest BCUT2D eigenvalue weighted by molar-refractivity contribution is 8.26. The van der Waals surface area contributed by atoms with Crippen molar-refractivity contribution in [2.24, 2.45) is 0 Å². The number of hydrogen-bond donors (Lipinski definition) is 1. The molecule has 0 saturated carbocycles. The monoisotopic (exact) mass is 442 g/mol. The smallest absolute Gasteiger partial charge is 0.266 e.